The van der Waals surface area contributed by atoms with Gasteiger partial charge in [-0.2, -0.15) is 4.98 Å². The maximum Gasteiger partial charge on any atom is 0.256 e. The Morgan fingerprint density at radius 2 is 2.04 bits per heavy atom. The molecule has 0 bridgehead atoms. The Morgan fingerprint density at radius 3 is 2.86 bits per heavy atom. The number of carbonyl (C=O) groups excluding carboxylic acids is 1. The number of amides is 1. The number of piperidine rings is 1. The molecule has 2 fully saturated rings. The normalized spacial score (nSPS) is 21.1. The van der Waals surface area contributed by atoms with E-state index in [1.54, 1.807) is 4.90 Å². The van der Waals surface area contributed by atoms with Crippen LogP contribution < -0.4 is 0 Å². The molecule has 28 heavy (non-hydrogen) atoms. The Labute approximate surface area is 161 Å². The number of hydrogen-bond acceptors (Lipinski definition) is 5. The predicted molar refractivity (Wildman–Crippen MR) is 95.8 cm³/mol. The number of ether oxygens (including phenoxy) is 1. The van der Waals surface area contributed by atoms with Gasteiger partial charge < -0.3 is 14.2 Å². The minimum Gasteiger partial charge on any atom is -0.381 e. The first kappa shape index (κ1) is 19.0. The van der Waals surface area contributed by atoms with Crippen molar-refractivity contribution in [3.63, 3.8) is 0 Å². The molecule has 0 radical (unpaired) electrons. The molecule has 1 aromatic heterocycles. The molecule has 2 aromatic rings. The highest BCUT2D eigenvalue weighted by atomic mass is 19.1. The Balaban J connectivity index is 1.39. The number of benzene rings is 1. The molecule has 2 saturated heterocycles. The van der Waals surface area contributed by atoms with Gasteiger partial charge in [-0.1, -0.05) is 5.16 Å². The van der Waals surface area contributed by atoms with Crippen LogP contribution in [0.3, 0.4) is 0 Å². The Hall–Kier alpha value is -2.35. The van der Waals surface area contributed by atoms with Crippen molar-refractivity contribution in [2.24, 2.45) is 5.92 Å². The molecule has 6 nitrogen and oxygen atoms in total. The molecule has 0 N–H and O–H groups in total. The number of halogens is 2. The van der Waals surface area contributed by atoms with E-state index in [-0.39, 0.29) is 17.4 Å². The SMILES string of the molecule is O=C(c1cc(F)ccc1F)N1CCCC(Cc2nc(C3CCOCC3)no2)C1. The molecule has 1 aromatic carbocycles. The fourth-order valence-electron chi connectivity index (χ4n) is 3.97. The molecule has 2 aliphatic heterocycles. The van der Waals surface area contributed by atoms with Crippen LogP contribution in [0.15, 0.2) is 22.7 Å². The van der Waals surface area contributed by atoms with Crippen LogP contribution in [0, 0.1) is 17.6 Å². The third-order valence-electron chi connectivity index (χ3n) is 5.50. The van der Waals surface area contributed by atoms with Crippen molar-refractivity contribution in [2.45, 2.75) is 38.0 Å². The van der Waals surface area contributed by atoms with Crippen LogP contribution in [0.4, 0.5) is 8.78 Å². The summed E-state index contributed by atoms with van der Waals surface area (Å²) < 4.78 is 38.1. The summed E-state index contributed by atoms with van der Waals surface area (Å²) in [7, 11) is 0. The molecule has 4 rings (SSSR count). The lowest BCUT2D eigenvalue weighted by Crippen LogP contribution is -2.41. The van der Waals surface area contributed by atoms with E-state index in [2.05, 4.69) is 10.1 Å². The molecule has 0 aliphatic carbocycles. The van der Waals surface area contributed by atoms with Gasteiger partial charge in [0, 0.05) is 38.6 Å². The van der Waals surface area contributed by atoms with E-state index >= 15 is 0 Å². The summed E-state index contributed by atoms with van der Waals surface area (Å²) in [5.41, 5.74) is -0.222. The van der Waals surface area contributed by atoms with Gasteiger partial charge in [0.1, 0.15) is 11.6 Å². The van der Waals surface area contributed by atoms with Crippen LogP contribution in [0.2, 0.25) is 0 Å². The van der Waals surface area contributed by atoms with Crippen molar-refractivity contribution in [1.82, 2.24) is 15.0 Å². The van der Waals surface area contributed by atoms with E-state index in [4.69, 9.17) is 9.26 Å². The van der Waals surface area contributed by atoms with E-state index in [1.165, 1.54) is 0 Å². The van der Waals surface area contributed by atoms with Gasteiger partial charge in [-0.05, 0) is 49.8 Å². The van der Waals surface area contributed by atoms with Gasteiger partial charge >= 0.3 is 0 Å². The van der Waals surface area contributed by atoms with Crippen molar-refractivity contribution in [3.05, 3.63) is 47.1 Å². The lowest BCUT2D eigenvalue weighted by molar-refractivity contribution is 0.0662. The van der Waals surface area contributed by atoms with E-state index < -0.39 is 17.5 Å². The maximum absolute atomic E-state index is 13.9. The molecule has 1 amide bonds. The minimum atomic E-state index is -0.702. The van der Waals surface area contributed by atoms with E-state index in [1.807, 2.05) is 0 Å². The monoisotopic (exact) mass is 391 g/mol. The first-order valence-corrected chi connectivity index (χ1v) is 9.74. The number of rotatable bonds is 4. The Bertz CT molecular complexity index is 836. The highest BCUT2D eigenvalue weighted by Crippen LogP contribution is 2.26. The highest BCUT2D eigenvalue weighted by Gasteiger charge is 2.28. The van der Waals surface area contributed by atoms with Gasteiger partial charge in [-0.25, -0.2) is 8.78 Å². The maximum atomic E-state index is 13.9. The standard InChI is InChI=1S/C20H23F2N3O3/c21-15-3-4-17(22)16(11-15)20(26)25-7-1-2-13(12-25)10-18-23-19(24-28-18)14-5-8-27-9-6-14/h3-4,11,13-14H,1-2,5-10,12H2. The van der Waals surface area contributed by atoms with Gasteiger partial charge in [0.15, 0.2) is 5.82 Å². The quantitative estimate of drug-likeness (QED) is 0.800. The largest absolute Gasteiger partial charge is 0.381 e. The predicted octanol–water partition coefficient (Wildman–Crippen LogP) is 3.34. The van der Waals surface area contributed by atoms with Crippen LogP contribution in [-0.2, 0) is 11.2 Å². The van der Waals surface area contributed by atoms with Crippen molar-refractivity contribution in [3.8, 4) is 0 Å². The second kappa shape index (κ2) is 8.34. The molecule has 1 unspecified atom stereocenters. The lowest BCUT2D eigenvalue weighted by atomic mass is 9.94. The zero-order valence-corrected chi connectivity index (χ0v) is 15.6. The molecule has 0 spiro atoms. The molecule has 1 atom stereocenters. The third-order valence-corrected chi connectivity index (χ3v) is 5.50. The molecule has 3 heterocycles. The topological polar surface area (TPSA) is 68.5 Å². The summed E-state index contributed by atoms with van der Waals surface area (Å²) in [5, 5.41) is 4.11. The summed E-state index contributed by atoms with van der Waals surface area (Å²) in [5.74, 6) is -0.0861. The summed E-state index contributed by atoms with van der Waals surface area (Å²) in [4.78, 5) is 18.8. The van der Waals surface area contributed by atoms with Crippen LogP contribution in [0.25, 0.3) is 0 Å². The summed E-state index contributed by atoms with van der Waals surface area (Å²) in [6.07, 6.45) is 4.08. The fraction of sp³-hybridized carbons (Fsp3) is 0.550. The number of likely N-dealkylation sites (tertiary alicyclic amines) is 1. The second-order valence-electron chi connectivity index (χ2n) is 7.52. The minimum absolute atomic E-state index is 0.150. The molecule has 0 saturated carbocycles. The van der Waals surface area contributed by atoms with Gasteiger partial charge in [-0.15, -0.1) is 0 Å². The highest BCUT2D eigenvalue weighted by molar-refractivity contribution is 5.94. The van der Waals surface area contributed by atoms with Gasteiger partial charge in [0.2, 0.25) is 5.89 Å². The van der Waals surface area contributed by atoms with Crippen molar-refractivity contribution in [1.29, 1.82) is 0 Å². The first-order valence-electron chi connectivity index (χ1n) is 9.74. The molecular weight excluding hydrogens is 368 g/mol. The summed E-state index contributed by atoms with van der Waals surface area (Å²) in [6.45, 7) is 2.42. The Kier molecular flexibility index (Phi) is 5.66. The van der Waals surface area contributed by atoms with Crippen LogP contribution >= 0.6 is 0 Å². The first-order chi connectivity index (χ1) is 13.6. The van der Waals surface area contributed by atoms with E-state index in [0.29, 0.717) is 38.6 Å². The van der Waals surface area contributed by atoms with Crippen molar-refractivity contribution in [2.75, 3.05) is 26.3 Å². The molecule has 2 aliphatic rings. The smallest absolute Gasteiger partial charge is 0.256 e. The van der Waals surface area contributed by atoms with Crippen molar-refractivity contribution < 1.29 is 22.8 Å². The number of hydrogen-bond donors (Lipinski definition) is 0. The van der Waals surface area contributed by atoms with Gasteiger partial charge in [-0.3, -0.25) is 4.79 Å². The summed E-state index contributed by atoms with van der Waals surface area (Å²) >= 11 is 0. The number of aromatic nitrogens is 2. The molecule has 8 heteroatoms. The van der Waals surface area contributed by atoms with Gasteiger partial charge in [0.05, 0.1) is 5.56 Å². The average molecular weight is 391 g/mol. The van der Waals surface area contributed by atoms with Crippen molar-refractivity contribution >= 4 is 5.91 Å². The van der Waals surface area contributed by atoms with Crippen LogP contribution in [0.5, 0.6) is 0 Å². The number of carbonyl (C=O) groups is 1. The number of nitrogens with zero attached hydrogens (tertiary/aromatic N) is 3. The molecule has 150 valence electrons. The van der Waals surface area contributed by atoms with Gasteiger partial charge in [0.25, 0.3) is 5.91 Å². The van der Waals surface area contributed by atoms with Crippen LogP contribution in [-0.4, -0.2) is 47.3 Å². The van der Waals surface area contributed by atoms with E-state index in [9.17, 15) is 13.6 Å². The fourth-order valence-corrected chi connectivity index (χ4v) is 3.97. The lowest BCUT2D eigenvalue weighted by Gasteiger charge is -2.32. The zero-order valence-electron chi connectivity index (χ0n) is 15.6. The third kappa shape index (κ3) is 4.22. The average Bonchev–Trinajstić information content (AvgIpc) is 3.18. The summed E-state index contributed by atoms with van der Waals surface area (Å²) in [6, 6.07) is 2.95. The van der Waals surface area contributed by atoms with E-state index in [0.717, 1.165) is 49.7 Å². The second-order valence-corrected chi connectivity index (χ2v) is 7.52. The zero-order chi connectivity index (χ0) is 19.5. The Morgan fingerprint density at radius 1 is 1.21 bits per heavy atom. The van der Waals surface area contributed by atoms with Crippen LogP contribution in [0.1, 0.15) is 53.7 Å². The molecular formula is C20H23F2N3O3.